The van der Waals surface area contributed by atoms with E-state index >= 15 is 0 Å². The van der Waals surface area contributed by atoms with Gasteiger partial charge in [-0.05, 0) is 32.0 Å². The molecule has 8 nitrogen and oxygen atoms in total. The number of nitrogens with zero attached hydrogens (tertiary/aromatic N) is 1. The Kier molecular flexibility index (Phi) is 4.37. The van der Waals surface area contributed by atoms with Crippen molar-refractivity contribution in [1.82, 2.24) is 5.16 Å². The number of aromatic nitrogens is 1. The van der Waals surface area contributed by atoms with Crippen molar-refractivity contribution in [2.75, 3.05) is 18.5 Å². The van der Waals surface area contributed by atoms with E-state index in [2.05, 4.69) is 10.5 Å². The van der Waals surface area contributed by atoms with E-state index in [1.165, 1.54) is 13.0 Å². The standard InChI is InChI=1S/C16H16N2O6/c1-9-7-14(18-24-9)17-15(19)10(2)23-16(20)11-3-4-12-13(8-11)22-6-5-21-12/h3-4,7-8,10H,5-6H2,1-2H3,(H,17,18,19)/t10-/m0/s1. The summed E-state index contributed by atoms with van der Waals surface area (Å²) in [7, 11) is 0. The van der Waals surface area contributed by atoms with Crippen molar-refractivity contribution < 1.29 is 28.3 Å². The van der Waals surface area contributed by atoms with Crippen LogP contribution in [0, 0.1) is 6.92 Å². The van der Waals surface area contributed by atoms with Gasteiger partial charge in [-0.2, -0.15) is 0 Å². The normalized spacial score (nSPS) is 13.9. The number of nitrogens with one attached hydrogen (secondary N) is 1. The number of amides is 1. The predicted molar refractivity (Wildman–Crippen MR) is 82.2 cm³/mol. The third-order valence-corrected chi connectivity index (χ3v) is 3.31. The highest BCUT2D eigenvalue weighted by atomic mass is 16.6. The fourth-order valence-corrected chi connectivity index (χ4v) is 2.11. The molecule has 1 atom stereocenters. The highest BCUT2D eigenvalue weighted by Gasteiger charge is 2.22. The molecule has 0 spiro atoms. The lowest BCUT2D eigenvalue weighted by atomic mass is 10.2. The van der Waals surface area contributed by atoms with Crippen molar-refractivity contribution in [2.24, 2.45) is 0 Å². The van der Waals surface area contributed by atoms with Crippen LogP contribution in [0.3, 0.4) is 0 Å². The molecular weight excluding hydrogens is 316 g/mol. The average Bonchev–Trinajstić information content (AvgIpc) is 2.99. The highest BCUT2D eigenvalue weighted by molar-refractivity contribution is 5.97. The van der Waals surface area contributed by atoms with E-state index in [1.54, 1.807) is 25.1 Å². The van der Waals surface area contributed by atoms with Crippen LogP contribution in [0.2, 0.25) is 0 Å². The zero-order chi connectivity index (χ0) is 17.1. The lowest BCUT2D eigenvalue weighted by Gasteiger charge is -2.19. The lowest BCUT2D eigenvalue weighted by Crippen LogP contribution is -2.30. The van der Waals surface area contributed by atoms with Crippen LogP contribution in [0.25, 0.3) is 0 Å². The Morgan fingerprint density at radius 3 is 2.67 bits per heavy atom. The summed E-state index contributed by atoms with van der Waals surface area (Å²) < 4.78 is 20.8. The molecule has 2 aromatic rings. The minimum absolute atomic E-state index is 0.264. The summed E-state index contributed by atoms with van der Waals surface area (Å²) in [6.45, 7) is 4.06. The van der Waals surface area contributed by atoms with Gasteiger partial charge in [-0.25, -0.2) is 4.79 Å². The second-order valence-corrected chi connectivity index (χ2v) is 5.22. The van der Waals surface area contributed by atoms with Crippen LogP contribution in [0.15, 0.2) is 28.8 Å². The van der Waals surface area contributed by atoms with Crippen molar-refractivity contribution in [3.05, 3.63) is 35.6 Å². The molecule has 0 bridgehead atoms. The molecule has 8 heteroatoms. The first-order valence-electron chi connectivity index (χ1n) is 7.38. The van der Waals surface area contributed by atoms with Gasteiger partial charge in [0.15, 0.2) is 23.4 Å². The molecule has 1 aliphatic rings. The monoisotopic (exact) mass is 332 g/mol. The fraction of sp³-hybridized carbons (Fsp3) is 0.312. The van der Waals surface area contributed by atoms with E-state index in [1.807, 2.05) is 0 Å². The summed E-state index contributed by atoms with van der Waals surface area (Å²) in [4.78, 5) is 24.2. The quantitative estimate of drug-likeness (QED) is 0.854. The van der Waals surface area contributed by atoms with Crippen LogP contribution in [-0.4, -0.2) is 36.4 Å². The molecule has 24 heavy (non-hydrogen) atoms. The number of carbonyl (C=O) groups excluding carboxylic acids is 2. The fourth-order valence-electron chi connectivity index (χ4n) is 2.11. The topological polar surface area (TPSA) is 99.9 Å². The largest absolute Gasteiger partial charge is 0.486 e. The van der Waals surface area contributed by atoms with Gasteiger partial charge in [-0.1, -0.05) is 5.16 Å². The minimum Gasteiger partial charge on any atom is -0.486 e. The van der Waals surface area contributed by atoms with Gasteiger partial charge in [0.1, 0.15) is 19.0 Å². The molecule has 1 aliphatic heterocycles. The Balaban J connectivity index is 1.62. The Hall–Kier alpha value is -3.03. The van der Waals surface area contributed by atoms with Crippen molar-refractivity contribution >= 4 is 17.7 Å². The number of fused-ring (bicyclic) bond motifs is 1. The van der Waals surface area contributed by atoms with Crippen LogP contribution in [0.1, 0.15) is 23.0 Å². The van der Waals surface area contributed by atoms with E-state index in [0.29, 0.717) is 30.5 Å². The van der Waals surface area contributed by atoms with E-state index in [0.717, 1.165) is 0 Å². The van der Waals surface area contributed by atoms with Crippen LogP contribution < -0.4 is 14.8 Å². The molecule has 126 valence electrons. The molecule has 1 aromatic carbocycles. The van der Waals surface area contributed by atoms with E-state index in [9.17, 15) is 9.59 Å². The molecule has 1 N–H and O–H groups in total. The first-order valence-corrected chi connectivity index (χ1v) is 7.38. The zero-order valence-corrected chi connectivity index (χ0v) is 13.2. The number of hydrogen-bond donors (Lipinski definition) is 1. The summed E-state index contributed by atoms with van der Waals surface area (Å²) >= 11 is 0. The maximum Gasteiger partial charge on any atom is 0.339 e. The van der Waals surface area contributed by atoms with Gasteiger partial charge >= 0.3 is 5.97 Å². The Morgan fingerprint density at radius 1 is 1.21 bits per heavy atom. The molecule has 0 unspecified atom stereocenters. The molecule has 0 saturated carbocycles. The molecule has 0 fully saturated rings. The Labute approximate surface area is 137 Å². The number of anilines is 1. The lowest BCUT2D eigenvalue weighted by molar-refractivity contribution is -0.123. The SMILES string of the molecule is Cc1cc(NC(=O)[C@H](C)OC(=O)c2ccc3c(c2)OCCO3)no1. The second-order valence-electron chi connectivity index (χ2n) is 5.22. The van der Waals surface area contributed by atoms with Gasteiger partial charge in [-0.3, -0.25) is 4.79 Å². The number of esters is 1. The van der Waals surface area contributed by atoms with Crippen LogP contribution in [-0.2, 0) is 9.53 Å². The number of benzene rings is 1. The smallest absolute Gasteiger partial charge is 0.339 e. The van der Waals surface area contributed by atoms with Crippen molar-refractivity contribution in [3.8, 4) is 11.5 Å². The summed E-state index contributed by atoms with van der Waals surface area (Å²) in [5.41, 5.74) is 0.274. The van der Waals surface area contributed by atoms with Crippen LogP contribution in [0.4, 0.5) is 5.82 Å². The maximum atomic E-state index is 12.2. The number of rotatable bonds is 4. The van der Waals surface area contributed by atoms with E-state index in [4.69, 9.17) is 18.7 Å². The molecule has 1 aromatic heterocycles. The van der Waals surface area contributed by atoms with E-state index in [-0.39, 0.29) is 11.4 Å². The maximum absolute atomic E-state index is 12.2. The minimum atomic E-state index is -0.997. The zero-order valence-electron chi connectivity index (χ0n) is 13.2. The van der Waals surface area contributed by atoms with Crippen molar-refractivity contribution in [3.63, 3.8) is 0 Å². The average molecular weight is 332 g/mol. The van der Waals surface area contributed by atoms with Gasteiger partial charge in [0.05, 0.1) is 5.56 Å². The summed E-state index contributed by atoms with van der Waals surface area (Å²) in [5, 5.41) is 6.15. The summed E-state index contributed by atoms with van der Waals surface area (Å²) in [5.74, 6) is 0.738. The molecule has 1 amide bonds. The Morgan fingerprint density at radius 2 is 1.96 bits per heavy atom. The van der Waals surface area contributed by atoms with Gasteiger partial charge < -0.3 is 24.1 Å². The van der Waals surface area contributed by atoms with Crippen molar-refractivity contribution in [1.29, 1.82) is 0 Å². The molecule has 2 heterocycles. The van der Waals surface area contributed by atoms with E-state index < -0.39 is 18.0 Å². The predicted octanol–water partition coefficient (Wildman–Crippen LogP) is 1.94. The van der Waals surface area contributed by atoms with Gasteiger partial charge in [-0.15, -0.1) is 0 Å². The first kappa shape index (κ1) is 15.9. The molecule has 0 aliphatic carbocycles. The Bertz CT molecular complexity index is 770. The van der Waals surface area contributed by atoms with Crippen LogP contribution >= 0.6 is 0 Å². The van der Waals surface area contributed by atoms with Crippen molar-refractivity contribution in [2.45, 2.75) is 20.0 Å². The number of hydrogen-bond acceptors (Lipinski definition) is 7. The highest BCUT2D eigenvalue weighted by Crippen LogP contribution is 2.31. The molecular formula is C16H16N2O6. The summed E-state index contributed by atoms with van der Waals surface area (Å²) in [6.07, 6.45) is -0.997. The summed E-state index contributed by atoms with van der Waals surface area (Å²) in [6, 6.07) is 6.28. The number of ether oxygens (including phenoxy) is 3. The van der Waals surface area contributed by atoms with Crippen LogP contribution in [0.5, 0.6) is 11.5 Å². The second kappa shape index (κ2) is 6.61. The van der Waals surface area contributed by atoms with Gasteiger partial charge in [0.25, 0.3) is 5.91 Å². The third kappa shape index (κ3) is 3.48. The van der Waals surface area contributed by atoms with Gasteiger partial charge in [0, 0.05) is 6.07 Å². The number of aryl methyl sites for hydroxylation is 1. The third-order valence-electron chi connectivity index (χ3n) is 3.31. The van der Waals surface area contributed by atoms with Gasteiger partial charge in [0.2, 0.25) is 0 Å². The number of carbonyl (C=O) groups is 2. The molecule has 0 radical (unpaired) electrons. The molecule has 3 rings (SSSR count). The molecule has 0 saturated heterocycles. The first-order chi connectivity index (χ1) is 11.5.